The predicted octanol–water partition coefficient (Wildman–Crippen LogP) is 3.11. The highest BCUT2D eigenvalue weighted by Gasteiger charge is 2.25. The summed E-state index contributed by atoms with van der Waals surface area (Å²) >= 11 is 0. The van der Waals surface area contributed by atoms with E-state index >= 15 is 0 Å². The van der Waals surface area contributed by atoms with Crippen molar-refractivity contribution in [2.24, 2.45) is 5.73 Å². The van der Waals surface area contributed by atoms with Crippen molar-refractivity contribution in [3.63, 3.8) is 0 Å². The number of hydrogen-bond donors (Lipinski definition) is 1. The van der Waals surface area contributed by atoms with Crippen molar-refractivity contribution < 1.29 is 4.74 Å². The molecule has 3 rings (SSSR count). The van der Waals surface area contributed by atoms with Crippen LogP contribution in [0.15, 0.2) is 42.5 Å². The molecule has 0 saturated heterocycles. The van der Waals surface area contributed by atoms with Crippen molar-refractivity contribution >= 4 is 5.69 Å². The zero-order chi connectivity index (χ0) is 14.8. The molecule has 0 fully saturated rings. The Labute approximate surface area is 126 Å². The third kappa shape index (κ3) is 2.61. The lowest BCUT2D eigenvalue weighted by Crippen LogP contribution is -2.28. The van der Waals surface area contributed by atoms with Crippen molar-refractivity contribution in [2.45, 2.75) is 32.5 Å². The number of methoxy groups -OCH3 is 1. The summed E-state index contributed by atoms with van der Waals surface area (Å²) in [6, 6.07) is 15.5. The van der Waals surface area contributed by atoms with Gasteiger partial charge in [0.05, 0.1) is 7.11 Å². The highest BCUT2D eigenvalue weighted by atomic mass is 16.5. The summed E-state index contributed by atoms with van der Waals surface area (Å²) in [6.45, 7) is 3.70. The minimum atomic E-state index is 0.503. The quantitative estimate of drug-likeness (QED) is 0.936. The first-order chi connectivity index (χ1) is 10.2. The van der Waals surface area contributed by atoms with E-state index in [4.69, 9.17) is 10.5 Å². The van der Waals surface area contributed by atoms with Gasteiger partial charge in [-0.05, 0) is 42.7 Å². The minimum Gasteiger partial charge on any atom is -0.496 e. The number of fused-ring (bicyclic) bond motifs is 1. The number of para-hydroxylation sites is 1. The van der Waals surface area contributed by atoms with E-state index in [1.165, 1.54) is 16.8 Å². The van der Waals surface area contributed by atoms with E-state index in [1.807, 2.05) is 6.07 Å². The highest BCUT2D eigenvalue weighted by molar-refractivity contribution is 5.59. The van der Waals surface area contributed by atoms with E-state index in [2.05, 4.69) is 48.2 Å². The van der Waals surface area contributed by atoms with Gasteiger partial charge in [-0.25, -0.2) is 0 Å². The fourth-order valence-corrected chi connectivity index (χ4v) is 3.16. The third-order valence-electron chi connectivity index (χ3n) is 4.27. The summed E-state index contributed by atoms with van der Waals surface area (Å²) in [5, 5.41) is 0. The summed E-state index contributed by atoms with van der Waals surface area (Å²) in [7, 11) is 1.69. The number of anilines is 1. The van der Waals surface area contributed by atoms with Crippen LogP contribution in [-0.4, -0.2) is 13.2 Å². The minimum absolute atomic E-state index is 0.503. The summed E-state index contributed by atoms with van der Waals surface area (Å²) in [4.78, 5) is 2.47. The molecule has 2 aromatic rings. The molecular weight excluding hydrogens is 260 g/mol. The van der Waals surface area contributed by atoms with Crippen LogP contribution in [0.4, 0.5) is 5.69 Å². The van der Waals surface area contributed by atoms with Crippen LogP contribution in [0.25, 0.3) is 0 Å². The second-order valence-electron chi connectivity index (χ2n) is 5.66. The van der Waals surface area contributed by atoms with Gasteiger partial charge < -0.3 is 15.4 Å². The summed E-state index contributed by atoms with van der Waals surface area (Å²) in [5.74, 6) is 0.871. The van der Waals surface area contributed by atoms with Crippen LogP contribution >= 0.6 is 0 Å². The van der Waals surface area contributed by atoms with Gasteiger partial charge in [-0.3, -0.25) is 0 Å². The average Bonchev–Trinajstić information content (AvgIpc) is 2.83. The van der Waals surface area contributed by atoms with Gasteiger partial charge in [-0.1, -0.05) is 24.3 Å². The van der Waals surface area contributed by atoms with Crippen LogP contribution < -0.4 is 15.4 Å². The number of benzene rings is 2. The lowest BCUT2D eigenvalue weighted by molar-refractivity contribution is 0.409. The van der Waals surface area contributed by atoms with Crippen LogP contribution in [0, 0.1) is 0 Å². The fourth-order valence-electron chi connectivity index (χ4n) is 3.16. The standard InChI is InChI=1S/C18H22N2O/c1-13-9-15-5-3-4-6-17(15)20(13)12-14-7-8-18(21-2)16(10-14)11-19/h3-8,10,13H,9,11-12,19H2,1-2H3. The molecule has 0 aromatic heterocycles. The number of hydrogen-bond acceptors (Lipinski definition) is 3. The van der Waals surface area contributed by atoms with Gasteiger partial charge in [0.2, 0.25) is 0 Å². The lowest BCUT2D eigenvalue weighted by Gasteiger charge is -2.25. The monoisotopic (exact) mass is 282 g/mol. The van der Waals surface area contributed by atoms with Crippen molar-refractivity contribution in [1.82, 2.24) is 0 Å². The van der Waals surface area contributed by atoms with Gasteiger partial charge in [0, 0.05) is 30.4 Å². The van der Waals surface area contributed by atoms with Gasteiger partial charge in [0.15, 0.2) is 0 Å². The molecule has 0 radical (unpaired) electrons. The fraction of sp³-hybridized carbons (Fsp3) is 0.333. The van der Waals surface area contributed by atoms with E-state index in [9.17, 15) is 0 Å². The summed E-state index contributed by atoms with van der Waals surface area (Å²) in [6.07, 6.45) is 1.12. The van der Waals surface area contributed by atoms with Crippen LogP contribution in [0.1, 0.15) is 23.6 Å². The van der Waals surface area contributed by atoms with Crippen molar-refractivity contribution in [2.75, 3.05) is 12.0 Å². The molecule has 3 nitrogen and oxygen atoms in total. The molecule has 0 saturated carbocycles. The summed E-state index contributed by atoms with van der Waals surface area (Å²) < 4.78 is 5.34. The first-order valence-corrected chi connectivity index (χ1v) is 7.43. The van der Waals surface area contributed by atoms with E-state index < -0.39 is 0 Å². The molecule has 0 spiro atoms. The number of nitrogens with zero attached hydrogens (tertiary/aromatic N) is 1. The maximum Gasteiger partial charge on any atom is 0.123 e. The molecule has 3 heteroatoms. The Hall–Kier alpha value is -2.00. The Balaban J connectivity index is 1.87. The zero-order valence-corrected chi connectivity index (χ0v) is 12.7. The zero-order valence-electron chi connectivity index (χ0n) is 12.7. The average molecular weight is 282 g/mol. The molecule has 110 valence electrons. The van der Waals surface area contributed by atoms with E-state index in [0.29, 0.717) is 12.6 Å². The van der Waals surface area contributed by atoms with Crippen molar-refractivity contribution in [1.29, 1.82) is 0 Å². The lowest BCUT2D eigenvalue weighted by atomic mass is 10.1. The number of rotatable bonds is 4. The molecular formula is C18H22N2O. The molecule has 0 aliphatic carbocycles. The van der Waals surface area contributed by atoms with Gasteiger partial charge in [-0.15, -0.1) is 0 Å². The summed E-state index contributed by atoms with van der Waals surface area (Å²) in [5.41, 5.74) is 11.0. The second kappa shape index (κ2) is 5.78. The Morgan fingerprint density at radius 2 is 2.05 bits per heavy atom. The van der Waals surface area contributed by atoms with Crippen LogP contribution in [0.2, 0.25) is 0 Å². The van der Waals surface area contributed by atoms with E-state index in [-0.39, 0.29) is 0 Å². The maximum atomic E-state index is 5.81. The Morgan fingerprint density at radius 3 is 2.81 bits per heavy atom. The van der Waals surface area contributed by atoms with Gasteiger partial charge >= 0.3 is 0 Å². The number of nitrogens with two attached hydrogens (primary N) is 1. The Morgan fingerprint density at radius 1 is 1.24 bits per heavy atom. The molecule has 0 bridgehead atoms. The van der Waals surface area contributed by atoms with Crippen LogP contribution in [0.3, 0.4) is 0 Å². The molecule has 1 unspecified atom stereocenters. The third-order valence-corrected chi connectivity index (χ3v) is 4.27. The molecule has 1 aliphatic rings. The molecule has 1 heterocycles. The molecule has 21 heavy (non-hydrogen) atoms. The van der Waals surface area contributed by atoms with Crippen LogP contribution in [-0.2, 0) is 19.5 Å². The molecule has 0 amide bonds. The maximum absolute atomic E-state index is 5.81. The largest absolute Gasteiger partial charge is 0.496 e. The highest BCUT2D eigenvalue weighted by Crippen LogP contribution is 2.33. The normalized spacial score (nSPS) is 16.9. The number of ether oxygens (including phenoxy) is 1. The van der Waals surface area contributed by atoms with Gasteiger partial charge in [0.1, 0.15) is 5.75 Å². The van der Waals surface area contributed by atoms with Crippen molar-refractivity contribution in [3.8, 4) is 5.75 Å². The van der Waals surface area contributed by atoms with Crippen molar-refractivity contribution in [3.05, 3.63) is 59.2 Å². The van der Waals surface area contributed by atoms with E-state index in [1.54, 1.807) is 7.11 Å². The second-order valence-corrected chi connectivity index (χ2v) is 5.66. The molecule has 2 N–H and O–H groups in total. The molecule has 1 aliphatic heterocycles. The van der Waals surface area contributed by atoms with E-state index in [0.717, 1.165) is 24.3 Å². The molecule has 2 aromatic carbocycles. The first-order valence-electron chi connectivity index (χ1n) is 7.43. The van der Waals surface area contributed by atoms with Crippen LogP contribution in [0.5, 0.6) is 5.75 Å². The Kier molecular flexibility index (Phi) is 3.84. The van der Waals surface area contributed by atoms with Gasteiger partial charge in [-0.2, -0.15) is 0 Å². The first kappa shape index (κ1) is 14.0. The Bertz CT molecular complexity index is 639. The smallest absolute Gasteiger partial charge is 0.123 e. The molecule has 1 atom stereocenters. The SMILES string of the molecule is COc1ccc(CN2c3ccccc3CC2C)cc1CN. The topological polar surface area (TPSA) is 38.5 Å². The van der Waals surface area contributed by atoms with Gasteiger partial charge in [0.25, 0.3) is 0 Å². The predicted molar refractivity (Wildman–Crippen MR) is 86.7 cm³/mol.